The van der Waals surface area contributed by atoms with E-state index in [1.807, 2.05) is 0 Å². The summed E-state index contributed by atoms with van der Waals surface area (Å²) in [5.74, 6) is 0. The first-order chi connectivity index (χ1) is 7.14. The Bertz CT molecular complexity index is 165. The van der Waals surface area contributed by atoms with Crippen LogP contribution < -0.4 is 5.73 Å². The zero-order valence-electron chi connectivity index (χ0n) is 10.1. The minimum absolute atomic E-state index is 0.263. The molecular weight excluding hydrogens is 190 g/mol. The third-order valence-electron chi connectivity index (χ3n) is 3.07. The van der Waals surface area contributed by atoms with Crippen LogP contribution in [0, 0.1) is 5.41 Å². The average Bonchev–Trinajstić information content (AvgIpc) is 2.26. The summed E-state index contributed by atoms with van der Waals surface area (Å²) in [7, 11) is 0. The summed E-state index contributed by atoms with van der Waals surface area (Å²) < 4.78 is 11.1. The molecule has 90 valence electrons. The lowest BCUT2D eigenvalue weighted by Gasteiger charge is -2.25. The first-order valence-corrected chi connectivity index (χ1v) is 6.03. The van der Waals surface area contributed by atoms with Crippen molar-refractivity contribution in [2.24, 2.45) is 11.1 Å². The second-order valence-electron chi connectivity index (χ2n) is 5.15. The van der Waals surface area contributed by atoms with Gasteiger partial charge in [-0.25, -0.2) is 0 Å². The van der Waals surface area contributed by atoms with Gasteiger partial charge in [0.05, 0.1) is 6.10 Å². The van der Waals surface area contributed by atoms with Crippen LogP contribution in [-0.2, 0) is 9.47 Å². The van der Waals surface area contributed by atoms with Gasteiger partial charge in [0.2, 0.25) is 0 Å². The van der Waals surface area contributed by atoms with Crippen LogP contribution in [-0.4, -0.2) is 32.5 Å². The molecule has 0 bridgehead atoms. The van der Waals surface area contributed by atoms with Crippen molar-refractivity contribution >= 4 is 0 Å². The second kappa shape index (κ2) is 6.46. The summed E-state index contributed by atoms with van der Waals surface area (Å²) >= 11 is 0. The summed E-state index contributed by atoms with van der Waals surface area (Å²) in [6.45, 7) is 7.76. The molecule has 1 heterocycles. The first-order valence-electron chi connectivity index (χ1n) is 6.03. The van der Waals surface area contributed by atoms with E-state index in [2.05, 4.69) is 13.8 Å². The molecule has 0 aromatic carbocycles. The van der Waals surface area contributed by atoms with Gasteiger partial charge < -0.3 is 15.2 Å². The maximum atomic E-state index is 5.80. The molecule has 0 radical (unpaired) electrons. The van der Waals surface area contributed by atoms with Gasteiger partial charge in [-0.3, -0.25) is 0 Å². The van der Waals surface area contributed by atoms with Crippen molar-refractivity contribution < 1.29 is 9.47 Å². The van der Waals surface area contributed by atoms with Crippen LogP contribution in [0.2, 0.25) is 0 Å². The Morgan fingerprint density at radius 3 is 2.60 bits per heavy atom. The molecule has 1 fully saturated rings. The Balaban J connectivity index is 2.00. The van der Waals surface area contributed by atoms with Crippen LogP contribution in [0.15, 0.2) is 0 Å². The van der Waals surface area contributed by atoms with Crippen LogP contribution >= 0.6 is 0 Å². The third kappa shape index (κ3) is 5.50. The van der Waals surface area contributed by atoms with Gasteiger partial charge in [-0.15, -0.1) is 0 Å². The molecule has 0 saturated carbocycles. The van der Waals surface area contributed by atoms with E-state index >= 15 is 0 Å². The number of rotatable bonds is 6. The van der Waals surface area contributed by atoms with E-state index < -0.39 is 0 Å². The minimum atomic E-state index is 0.263. The summed E-state index contributed by atoms with van der Waals surface area (Å²) in [5.41, 5.74) is 5.94. The Kier molecular flexibility index (Phi) is 5.58. The zero-order chi connectivity index (χ0) is 11.1. The molecule has 0 atom stereocenters. The Hall–Kier alpha value is -0.120. The Labute approximate surface area is 93.3 Å². The van der Waals surface area contributed by atoms with E-state index in [0.717, 1.165) is 52.0 Å². The lowest BCUT2D eigenvalue weighted by molar-refractivity contribution is -0.0340. The molecule has 1 aliphatic heterocycles. The molecule has 1 rings (SSSR count). The number of hydrogen-bond donors (Lipinski definition) is 1. The molecule has 0 aliphatic carbocycles. The molecule has 15 heavy (non-hydrogen) atoms. The highest BCUT2D eigenvalue weighted by atomic mass is 16.5. The van der Waals surface area contributed by atoms with Crippen molar-refractivity contribution in [1.82, 2.24) is 0 Å². The van der Waals surface area contributed by atoms with Crippen molar-refractivity contribution in [2.75, 3.05) is 26.4 Å². The van der Waals surface area contributed by atoms with Gasteiger partial charge in [0, 0.05) is 19.8 Å². The van der Waals surface area contributed by atoms with Gasteiger partial charge >= 0.3 is 0 Å². The highest BCUT2D eigenvalue weighted by Gasteiger charge is 2.16. The molecule has 1 aliphatic rings. The van der Waals surface area contributed by atoms with E-state index in [4.69, 9.17) is 15.2 Å². The molecular formula is C12H25NO2. The van der Waals surface area contributed by atoms with Crippen LogP contribution in [0.1, 0.15) is 39.5 Å². The summed E-state index contributed by atoms with van der Waals surface area (Å²) in [5, 5.41) is 0. The van der Waals surface area contributed by atoms with Gasteiger partial charge in [0.25, 0.3) is 0 Å². The topological polar surface area (TPSA) is 44.5 Å². The SMILES string of the molecule is CC(C)(CN)CCCOC1CCOCC1. The summed E-state index contributed by atoms with van der Waals surface area (Å²) in [6.07, 6.45) is 4.80. The molecule has 3 heteroatoms. The molecule has 0 unspecified atom stereocenters. The lowest BCUT2D eigenvalue weighted by Crippen LogP contribution is -2.26. The highest BCUT2D eigenvalue weighted by molar-refractivity contribution is 4.69. The van der Waals surface area contributed by atoms with E-state index in [0.29, 0.717) is 6.10 Å². The highest BCUT2D eigenvalue weighted by Crippen LogP contribution is 2.20. The molecule has 2 N–H and O–H groups in total. The van der Waals surface area contributed by atoms with E-state index in [9.17, 15) is 0 Å². The van der Waals surface area contributed by atoms with Crippen LogP contribution in [0.3, 0.4) is 0 Å². The Morgan fingerprint density at radius 2 is 2.00 bits per heavy atom. The fourth-order valence-electron chi connectivity index (χ4n) is 1.75. The third-order valence-corrected chi connectivity index (χ3v) is 3.07. The van der Waals surface area contributed by atoms with Crippen LogP contribution in [0.5, 0.6) is 0 Å². The zero-order valence-corrected chi connectivity index (χ0v) is 10.1. The number of hydrogen-bond acceptors (Lipinski definition) is 3. The van der Waals surface area contributed by atoms with Crippen molar-refractivity contribution in [3.8, 4) is 0 Å². The van der Waals surface area contributed by atoms with Crippen LogP contribution in [0.4, 0.5) is 0 Å². The molecule has 0 amide bonds. The monoisotopic (exact) mass is 215 g/mol. The predicted octanol–water partition coefficient (Wildman–Crippen LogP) is 1.95. The van der Waals surface area contributed by atoms with E-state index in [1.165, 1.54) is 0 Å². The van der Waals surface area contributed by atoms with Gasteiger partial charge in [0.15, 0.2) is 0 Å². The van der Waals surface area contributed by atoms with Gasteiger partial charge in [-0.2, -0.15) is 0 Å². The van der Waals surface area contributed by atoms with Crippen molar-refractivity contribution in [3.63, 3.8) is 0 Å². The van der Waals surface area contributed by atoms with Crippen molar-refractivity contribution in [1.29, 1.82) is 0 Å². The maximum absolute atomic E-state index is 5.80. The van der Waals surface area contributed by atoms with Crippen molar-refractivity contribution in [2.45, 2.75) is 45.6 Å². The first kappa shape index (κ1) is 12.9. The summed E-state index contributed by atoms with van der Waals surface area (Å²) in [4.78, 5) is 0. The summed E-state index contributed by atoms with van der Waals surface area (Å²) in [6, 6.07) is 0. The number of ether oxygens (including phenoxy) is 2. The van der Waals surface area contributed by atoms with E-state index in [-0.39, 0.29) is 5.41 Å². The maximum Gasteiger partial charge on any atom is 0.0619 e. The smallest absolute Gasteiger partial charge is 0.0619 e. The molecule has 1 saturated heterocycles. The average molecular weight is 215 g/mol. The fraction of sp³-hybridized carbons (Fsp3) is 1.00. The van der Waals surface area contributed by atoms with Crippen LogP contribution in [0.25, 0.3) is 0 Å². The second-order valence-corrected chi connectivity index (χ2v) is 5.15. The van der Waals surface area contributed by atoms with Gasteiger partial charge in [-0.05, 0) is 37.6 Å². The molecule has 0 aromatic heterocycles. The largest absolute Gasteiger partial charge is 0.381 e. The lowest BCUT2D eigenvalue weighted by atomic mass is 9.88. The minimum Gasteiger partial charge on any atom is -0.381 e. The Morgan fingerprint density at radius 1 is 1.33 bits per heavy atom. The predicted molar refractivity (Wildman–Crippen MR) is 61.9 cm³/mol. The normalized spacial score (nSPS) is 19.4. The fourth-order valence-corrected chi connectivity index (χ4v) is 1.75. The molecule has 0 spiro atoms. The standard InChI is InChI=1S/C12H25NO2/c1-12(2,10-13)6-3-7-15-11-4-8-14-9-5-11/h11H,3-10,13H2,1-2H3. The molecule has 3 nitrogen and oxygen atoms in total. The van der Waals surface area contributed by atoms with Gasteiger partial charge in [-0.1, -0.05) is 13.8 Å². The van der Waals surface area contributed by atoms with Gasteiger partial charge in [0.1, 0.15) is 0 Å². The quantitative estimate of drug-likeness (QED) is 0.689. The molecule has 0 aromatic rings. The van der Waals surface area contributed by atoms with E-state index in [1.54, 1.807) is 0 Å². The van der Waals surface area contributed by atoms with Crippen molar-refractivity contribution in [3.05, 3.63) is 0 Å². The number of nitrogens with two attached hydrogens (primary N) is 1.